The molecule has 1 saturated carbocycles. The van der Waals surface area contributed by atoms with Gasteiger partial charge in [0.05, 0.1) is 17.8 Å². The van der Waals surface area contributed by atoms with Gasteiger partial charge in [-0.3, -0.25) is 14.4 Å². The van der Waals surface area contributed by atoms with Crippen LogP contribution in [-0.4, -0.2) is 23.0 Å². The molecule has 2 aliphatic rings. The van der Waals surface area contributed by atoms with Crippen LogP contribution in [0.3, 0.4) is 0 Å². The van der Waals surface area contributed by atoms with E-state index in [4.69, 9.17) is 5.11 Å². The molecule has 0 amide bonds. The van der Waals surface area contributed by atoms with Crippen LogP contribution in [0.5, 0.6) is 0 Å². The summed E-state index contributed by atoms with van der Waals surface area (Å²) in [6.07, 6.45) is 0.241. The van der Waals surface area contributed by atoms with Crippen LogP contribution in [0.2, 0.25) is 0 Å². The highest BCUT2D eigenvalue weighted by molar-refractivity contribution is 6.01. The number of rotatable bonds is 1. The summed E-state index contributed by atoms with van der Waals surface area (Å²) in [5.74, 6) is -4.18. The second-order valence-electron chi connectivity index (χ2n) is 3.05. The Balaban J connectivity index is 2.19. The first kappa shape index (κ1) is 7.27. The standard InChI is InChI=1S/C7H6O5/c8-5(9)2-1-3-4(2)7(11)12-6(3)10/h2-4H,1H2,(H,8,9). The van der Waals surface area contributed by atoms with Crippen LogP contribution in [0.25, 0.3) is 0 Å². The number of fused-ring (bicyclic) bond motifs is 1. The lowest BCUT2D eigenvalue weighted by Crippen LogP contribution is -2.43. The number of ether oxygens (including phenoxy) is 1. The summed E-state index contributed by atoms with van der Waals surface area (Å²) in [7, 11) is 0. The fourth-order valence-corrected chi connectivity index (χ4v) is 1.72. The maximum atomic E-state index is 10.9. The van der Waals surface area contributed by atoms with Crippen molar-refractivity contribution in [3.05, 3.63) is 0 Å². The molecule has 3 atom stereocenters. The molecule has 5 nitrogen and oxygen atoms in total. The molecule has 1 aliphatic heterocycles. The number of carbonyl (C=O) groups is 3. The van der Waals surface area contributed by atoms with Crippen molar-refractivity contribution in [1.82, 2.24) is 0 Å². The minimum atomic E-state index is -1.03. The van der Waals surface area contributed by atoms with Crippen molar-refractivity contribution in [1.29, 1.82) is 0 Å². The first-order valence-corrected chi connectivity index (χ1v) is 3.59. The Morgan fingerprint density at radius 3 is 2.58 bits per heavy atom. The molecule has 0 radical (unpaired) electrons. The number of hydrogen-bond acceptors (Lipinski definition) is 4. The van der Waals surface area contributed by atoms with E-state index in [0.717, 1.165) is 0 Å². The van der Waals surface area contributed by atoms with E-state index in [9.17, 15) is 14.4 Å². The van der Waals surface area contributed by atoms with Gasteiger partial charge in [-0.2, -0.15) is 0 Å². The first-order valence-electron chi connectivity index (χ1n) is 3.59. The van der Waals surface area contributed by atoms with Crippen LogP contribution in [-0.2, 0) is 19.1 Å². The molecule has 0 spiro atoms. The Bertz CT molecular complexity index is 282. The van der Waals surface area contributed by atoms with Gasteiger partial charge in [-0.05, 0) is 6.42 Å². The molecule has 1 heterocycles. The van der Waals surface area contributed by atoms with Crippen molar-refractivity contribution in [2.45, 2.75) is 6.42 Å². The van der Waals surface area contributed by atoms with E-state index in [1.54, 1.807) is 0 Å². The quantitative estimate of drug-likeness (QED) is 0.420. The zero-order valence-electron chi connectivity index (χ0n) is 6.02. The SMILES string of the molecule is O=C(O)C1CC2C(=O)OC(=O)C12. The van der Waals surface area contributed by atoms with Gasteiger partial charge >= 0.3 is 17.9 Å². The number of aliphatic carboxylic acids is 1. The number of esters is 2. The summed E-state index contributed by atoms with van der Waals surface area (Å²) in [6, 6.07) is 0. The van der Waals surface area contributed by atoms with Crippen LogP contribution in [0.4, 0.5) is 0 Å². The Hall–Kier alpha value is -1.39. The van der Waals surface area contributed by atoms with Gasteiger partial charge in [-0.25, -0.2) is 0 Å². The topological polar surface area (TPSA) is 80.7 Å². The largest absolute Gasteiger partial charge is 0.481 e. The zero-order valence-corrected chi connectivity index (χ0v) is 6.02. The third-order valence-electron chi connectivity index (χ3n) is 2.47. The van der Waals surface area contributed by atoms with Crippen molar-refractivity contribution >= 4 is 17.9 Å². The molecule has 3 unspecified atom stereocenters. The molecule has 5 heteroatoms. The van der Waals surface area contributed by atoms with Gasteiger partial charge in [0.1, 0.15) is 0 Å². The molecule has 1 aliphatic carbocycles. The van der Waals surface area contributed by atoms with Crippen LogP contribution in [0.15, 0.2) is 0 Å². The lowest BCUT2D eigenvalue weighted by Gasteiger charge is -2.31. The van der Waals surface area contributed by atoms with Crippen LogP contribution < -0.4 is 0 Å². The molecule has 64 valence electrons. The lowest BCUT2D eigenvalue weighted by atomic mass is 9.66. The fraction of sp³-hybridized carbons (Fsp3) is 0.571. The molecule has 2 rings (SSSR count). The Morgan fingerprint density at radius 1 is 1.42 bits per heavy atom. The first-order chi connectivity index (χ1) is 5.61. The Morgan fingerprint density at radius 2 is 2.08 bits per heavy atom. The van der Waals surface area contributed by atoms with Gasteiger partial charge in [0.25, 0.3) is 0 Å². The van der Waals surface area contributed by atoms with Gasteiger partial charge in [0, 0.05) is 0 Å². The second kappa shape index (κ2) is 2.06. The van der Waals surface area contributed by atoms with E-state index in [0.29, 0.717) is 0 Å². The summed E-state index contributed by atoms with van der Waals surface area (Å²) in [5.41, 5.74) is 0. The van der Waals surface area contributed by atoms with Gasteiger partial charge in [-0.15, -0.1) is 0 Å². The summed E-state index contributed by atoms with van der Waals surface area (Å²) >= 11 is 0. The molecule has 12 heavy (non-hydrogen) atoms. The highest BCUT2D eigenvalue weighted by atomic mass is 16.6. The highest BCUT2D eigenvalue weighted by Crippen LogP contribution is 2.46. The lowest BCUT2D eigenvalue weighted by molar-refractivity contribution is -0.157. The average molecular weight is 170 g/mol. The van der Waals surface area contributed by atoms with Crippen molar-refractivity contribution < 1.29 is 24.2 Å². The second-order valence-corrected chi connectivity index (χ2v) is 3.05. The predicted molar refractivity (Wildman–Crippen MR) is 33.8 cm³/mol. The zero-order chi connectivity index (χ0) is 8.88. The smallest absolute Gasteiger partial charge is 0.318 e. The third kappa shape index (κ3) is 0.704. The number of hydrogen-bond donors (Lipinski definition) is 1. The molecule has 1 N–H and O–H groups in total. The molecule has 0 aromatic heterocycles. The van der Waals surface area contributed by atoms with E-state index in [1.807, 2.05) is 0 Å². The minimum absolute atomic E-state index is 0.241. The molecule has 0 aromatic rings. The van der Waals surface area contributed by atoms with Crippen molar-refractivity contribution in [2.24, 2.45) is 17.8 Å². The number of cyclic esters (lactones) is 2. The van der Waals surface area contributed by atoms with Gasteiger partial charge in [-0.1, -0.05) is 0 Å². The minimum Gasteiger partial charge on any atom is -0.481 e. The third-order valence-corrected chi connectivity index (χ3v) is 2.47. The fourth-order valence-electron chi connectivity index (χ4n) is 1.72. The number of carboxylic acid groups (broad SMARTS) is 1. The molecule has 0 aromatic carbocycles. The van der Waals surface area contributed by atoms with Gasteiger partial charge in [0.2, 0.25) is 0 Å². The Labute approximate surface area is 67.3 Å². The van der Waals surface area contributed by atoms with Crippen LogP contribution in [0.1, 0.15) is 6.42 Å². The molecule has 0 bridgehead atoms. The predicted octanol–water partition coefficient (Wildman–Crippen LogP) is -0.593. The van der Waals surface area contributed by atoms with Gasteiger partial charge < -0.3 is 9.84 Å². The summed E-state index contributed by atoms with van der Waals surface area (Å²) in [6.45, 7) is 0. The monoisotopic (exact) mass is 170 g/mol. The van der Waals surface area contributed by atoms with E-state index in [2.05, 4.69) is 4.74 Å². The number of carbonyl (C=O) groups excluding carboxylic acids is 2. The molecular formula is C7H6O5. The van der Waals surface area contributed by atoms with Crippen molar-refractivity contribution in [3.63, 3.8) is 0 Å². The van der Waals surface area contributed by atoms with Crippen LogP contribution >= 0.6 is 0 Å². The number of carboxylic acids is 1. The summed E-state index contributed by atoms with van der Waals surface area (Å²) < 4.78 is 4.29. The molecular weight excluding hydrogens is 164 g/mol. The maximum absolute atomic E-state index is 10.9. The van der Waals surface area contributed by atoms with Crippen molar-refractivity contribution in [3.8, 4) is 0 Å². The Kier molecular flexibility index (Phi) is 1.25. The molecule has 2 fully saturated rings. The van der Waals surface area contributed by atoms with Crippen LogP contribution in [0, 0.1) is 17.8 Å². The van der Waals surface area contributed by atoms with E-state index in [1.165, 1.54) is 0 Å². The van der Waals surface area contributed by atoms with E-state index < -0.39 is 35.7 Å². The molecule has 1 saturated heterocycles. The van der Waals surface area contributed by atoms with E-state index in [-0.39, 0.29) is 6.42 Å². The highest BCUT2D eigenvalue weighted by Gasteiger charge is 2.59. The normalized spacial score (nSPS) is 38.5. The summed E-state index contributed by atoms with van der Waals surface area (Å²) in [4.78, 5) is 32.1. The van der Waals surface area contributed by atoms with Gasteiger partial charge in [0.15, 0.2) is 0 Å². The van der Waals surface area contributed by atoms with Crippen molar-refractivity contribution in [2.75, 3.05) is 0 Å². The van der Waals surface area contributed by atoms with E-state index >= 15 is 0 Å². The summed E-state index contributed by atoms with van der Waals surface area (Å²) in [5, 5.41) is 8.57. The average Bonchev–Trinajstić information content (AvgIpc) is 1.99. The maximum Gasteiger partial charge on any atom is 0.318 e.